The highest BCUT2D eigenvalue weighted by Gasteiger charge is 2.28. The number of hydrogen-bond acceptors (Lipinski definition) is 7. The van der Waals surface area contributed by atoms with Crippen LogP contribution in [0.15, 0.2) is 53.3 Å². The number of hydrogen-bond donors (Lipinski definition) is 0. The van der Waals surface area contributed by atoms with E-state index in [1.54, 1.807) is 27.8 Å². The lowest BCUT2D eigenvalue weighted by molar-refractivity contribution is 0.0659. The summed E-state index contributed by atoms with van der Waals surface area (Å²) >= 11 is 0. The standard InChI is InChI=1S/C21H22N8O2/c1-2-28-18(10-11-22-28)21(30)27-12-6-9-16(13-27)29-14-17(24-26-29)20-23-19(25-31-20)15-7-4-3-5-8-15/h3-5,7-8,10-11,14,16H,2,6,9,12-13H2,1H3/t16-/m0/s1. The second-order valence-corrected chi connectivity index (χ2v) is 7.45. The summed E-state index contributed by atoms with van der Waals surface area (Å²) in [7, 11) is 0. The normalized spacial score (nSPS) is 16.5. The van der Waals surface area contributed by atoms with Gasteiger partial charge < -0.3 is 9.42 Å². The van der Waals surface area contributed by atoms with Gasteiger partial charge in [0.25, 0.3) is 11.8 Å². The molecule has 1 aromatic carbocycles. The van der Waals surface area contributed by atoms with Crippen LogP contribution in [0.5, 0.6) is 0 Å². The Kier molecular flexibility index (Phi) is 5.03. The number of carbonyl (C=O) groups is 1. The van der Waals surface area contributed by atoms with Crippen LogP contribution in [0.2, 0.25) is 0 Å². The highest BCUT2D eigenvalue weighted by Crippen LogP contribution is 2.25. The first-order chi connectivity index (χ1) is 15.2. The summed E-state index contributed by atoms with van der Waals surface area (Å²) in [6.45, 7) is 3.92. The number of piperidine rings is 1. The second-order valence-electron chi connectivity index (χ2n) is 7.45. The fraction of sp³-hybridized carbons (Fsp3) is 0.333. The first-order valence-corrected chi connectivity index (χ1v) is 10.4. The minimum atomic E-state index is -0.00575. The Balaban J connectivity index is 1.32. The minimum absolute atomic E-state index is 0.00575. The quantitative estimate of drug-likeness (QED) is 0.490. The summed E-state index contributed by atoms with van der Waals surface area (Å²) in [5.74, 6) is 0.821. The Morgan fingerprint density at radius 3 is 2.94 bits per heavy atom. The van der Waals surface area contributed by atoms with E-state index in [0.717, 1.165) is 24.9 Å². The lowest BCUT2D eigenvalue weighted by Gasteiger charge is -2.32. The lowest BCUT2D eigenvalue weighted by Crippen LogP contribution is -2.41. The molecule has 0 saturated carbocycles. The number of aromatic nitrogens is 7. The van der Waals surface area contributed by atoms with Gasteiger partial charge in [0.15, 0.2) is 5.69 Å². The molecule has 0 spiro atoms. The smallest absolute Gasteiger partial charge is 0.280 e. The Bertz CT molecular complexity index is 1180. The van der Waals surface area contributed by atoms with Crippen molar-refractivity contribution in [2.24, 2.45) is 0 Å². The Morgan fingerprint density at radius 2 is 2.10 bits per heavy atom. The van der Waals surface area contributed by atoms with Crippen LogP contribution >= 0.6 is 0 Å². The largest absolute Gasteiger partial charge is 0.335 e. The molecule has 5 rings (SSSR count). The maximum absolute atomic E-state index is 13.0. The SMILES string of the molecule is CCn1nccc1C(=O)N1CCC[C@H](n2cc(-c3nc(-c4ccccc4)no3)nn2)C1. The molecule has 4 heterocycles. The van der Waals surface area contributed by atoms with Gasteiger partial charge in [-0.1, -0.05) is 40.7 Å². The van der Waals surface area contributed by atoms with Crippen LogP contribution in [0.1, 0.15) is 36.3 Å². The zero-order chi connectivity index (χ0) is 21.2. The van der Waals surface area contributed by atoms with E-state index >= 15 is 0 Å². The molecule has 1 saturated heterocycles. The number of rotatable bonds is 5. The molecule has 1 amide bonds. The van der Waals surface area contributed by atoms with Gasteiger partial charge in [-0.2, -0.15) is 10.1 Å². The molecule has 4 aromatic rings. The van der Waals surface area contributed by atoms with E-state index in [1.807, 2.05) is 42.2 Å². The first-order valence-electron chi connectivity index (χ1n) is 10.4. The minimum Gasteiger partial charge on any atom is -0.335 e. The fourth-order valence-corrected chi connectivity index (χ4v) is 3.87. The zero-order valence-corrected chi connectivity index (χ0v) is 17.1. The lowest BCUT2D eigenvalue weighted by atomic mass is 10.1. The van der Waals surface area contributed by atoms with E-state index < -0.39 is 0 Å². The van der Waals surface area contributed by atoms with Crippen molar-refractivity contribution in [2.75, 3.05) is 13.1 Å². The van der Waals surface area contributed by atoms with Crippen molar-refractivity contribution in [3.63, 3.8) is 0 Å². The summed E-state index contributed by atoms with van der Waals surface area (Å²) in [6, 6.07) is 11.4. The van der Waals surface area contributed by atoms with Crippen molar-refractivity contribution < 1.29 is 9.32 Å². The summed E-state index contributed by atoms with van der Waals surface area (Å²) in [5.41, 5.74) is 2.00. The van der Waals surface area contributed by atoms with Crippen molar-refractivity contribution in [3.8, 4) is 23.0 Å². The number of amides is 1. The van der Waals surface area contributed by atoms with Gasteiger partial charge >= 0.3 is 0 Å². The second kappa shape index (κ2) is 8.13. The number of benzene rings is 1. The third-order valence-electron chi connectivity index (χ3n) is 5.48. The molecular formula is C21H22N8O2. The van der Waals surface area contributed by atoms with Gasteiger partial charge in [-0.15, -0.1) is 5.10 Å². The van der Waals surface area contributed by atoms with Gasteiger partial charge in [-0.3, -0.25) is 9.48 Å². The molecule has 0 radical (unpaired) electrons. The van der Waals surface area contributed by atoms with Gasteiger partial charge in [0, 0.05) is 31.4 Å². The highest BCUT2D eigenvalue weighted by atomic mass is 16.5. The Hall–Kier alpha value is -3.82. The van der Waals surface area contributed by atoms with E-state index in [1.165, 1.54) is 0 Å². The summed E-state index contributed by atoms with van der Waals surface area (Å²) in [6.07, 6.45) is 5.27. The monoisotopic (exact) mass is 418 g/mol. The van der Waals surface area contributed by atoms with Gasteiger partial charge in [-0.05, 0) is 25.8 Å². The molecule has 1 fully saturated rings. The Morgan fingerprint density at radius 1 is 1.23 bits per heavy atom. The molecule has 3 aromatic heterocycles. The van der Waals surface area contributed by atoms with Gasteiger partial charge in [0.2, 0.25) is 5.82 Å². The molecule has 31 heavy (non-hydrogen) atoms. The fourth-order valence-electron chi connectivity index (χ4n) is 3.87. The van der Waals surface area contributed by atoms with Crippen LogP contribution in [0, 0.1) is 0 Å². The molecular weight excluding hydrogens is 396 g/mol. The van der Waals surface area contributed by atoms with Crippen molar-refractivity contribution in [1.29, 1.82) is 0 Å². The predicted octanol–water partition coefficient (Wildman–Crippen LogP) is 2.69. The number of likely N-dealkylation sites (tertiary alicyclic amines) is 1. The van der Waals surface area contributed by atoms with Crippen molar-refractivity contribution >= 4 is 5.91 Å². The van der Waals surface area contributed by atoms with E-state index in [2.05, 4.69) is 25.6 Å². The third-order valence-corrected chi connectivity index (χ3v) is 5.48. The van der Waals surface area contributed by atoms with Crippen LogP contribution in [0.3, 0.4) is 0 Å². The van der Waals surface area contributed by atoms with Crippen LogP contribution in [-0.2, 0) is 6.54 Å². The summed E-state index contributed by atoms with van der Waals surface area (Å²) < 4.78 is 8.90. The molecule has 0 N–H and O–H groups in total. The number of nitrogens with zero attached hydrogens (tertiary/aromatic N) is 8. The number of carbonyl (C=O) groups excluding carboxylic acids is 1. The van der Waals surface area contributed by atoms with Crippen LogP contribution in [-0.4, -0.2) is 58.8 Å². The van der Waals surface area contributed by atoms with Crippen molar-refractivity contribution in [1.82, 2.24) is 39.8 Å². The van der Waals surface area contributed by atoms with Crippen LogP contribution in [0.4, 0.5) is 0 Å². The average Bonchev–Trinajstić information content (AvgIpc) is 3.59. The van der Waals surface area contributed by atoms with Crippen LogP contribution in [0.25, 0.3) is 23.0 Å². The molecule has 0 bridgehead atoms. The molecule has 1 atom stereocenters. The average molecular weight is 418 g/mol. The summed E-state index contributed by atoms with van der Waals surface area (Å²) in [5, 5.41) is 16.7. The van der Waals surface area contributed by atoms with Crippen LogP contribution < -0.4 is 0 Å². The number of aryl methyl sites for hydroxylation is 1. The highest BCUT2D eigenvalue weighted by molar-refractivity contribution is 5.92. The molecule has 0 unspecified atom stereocenters. The topological polar surface area (TPSA) is 108 Å². The molecule has 1 aliphatic heterocycles. The van der Waals surface area contributed by atoms with E-state index in [4.69, 9.17) is 4.52 Å². The molecule has 1 aliphatic rings. The molecule has 158 valence electrons. The molecule has 10 nitrogen and oxygen atoms in total. The van der Waals surface area contributed by atoms with Gasteiger partial charge in [-0.25, -0.2) is 4.68 Å². The maximum Gasteiger partial charge on any atom is 0.280 e. The first kappa shape index (κ1) is 19.2. The van der Waals surface area contributed by atoms with E-state index in [-0.39, 0.29) is 11.9 Å². The molecule has 10 heteroatoms. The zero-order valence-electron chi connectivity index (χ0n) is 17.1. The van der Waals surface area contributed by atoms with Gasteiger partial charge in [0.05, 0.1) is 12.2 Å². The molecule has 0 aliphatic carbocycles. The van der Waals surface area contributed by atoms with Gasteiger partial charge in [0.1, 0.15) is 5.69 Å². The van der Waals surface area contributed by atoms with Crippen molar-refractivity contribution in [3.05, 3.63) is 54.5 Å². The third kappa shape index (κ3) is 3.72. The van der Waals surface area contributed by atoms with Crippen molar-refractivity contribution in [2.45, 2.75) is 32.4 Å². The van der Waals surface area contributed by atoms with E-state index in [0.29, 0.717) is 36.2 Å². The van der Waals surface area contributed by atoms with E-state index in [9.17, 15) is 4.79 Å². The predicted molar refractivity (Wildman–Crippen MR) is 111 cm³/mol. The maximum atomic E-state index is 13.0. The Labute approximate surface area is 178 Å². The summed E-state index contributed by atoms with van der Waals surface area (Å²) in [4.78, 5) is 19.3.